The molecule has 5 aliphatic rings. The number of para-hydroxylation sites is 1. The van der Waals surface area contributed by atoms with Gasteiger partial charge in [0.1, 0.15) is 0 Å². The van der Waals surface area contributed by atoms with Gasteiger partial charge in [0, 0.05) is 35.2 Å². The first-order valence-electron chi connectivity index (χ1n) is 20.0. The van der Waals surface area contributed by atoms with Crippen molar-refractivity contribution in [1.29, 1.82) is 0 Å². The number of fused-ring (bicyclic) bond motifs is 4. The van der Waals surface area contributed by atoms with Gasteiger partial charge in [-0.2, -0.15) is 0 Å². The molecule has 0 radical (unpaired) electrons. The van der Waals surface area contributed by atoms with E-state index in [0.29, 0.717) is 5.92 Å². The summed E-state index contributed by atoms with van der Waals surface area (Å²) in [7, 11) is 0. The molecule has 272 valence electrons. The van der Waals surface area contributed by atoms with Crippen LogP contribution in [0.5, 0.6) is 0 Å². The molecule has 4 aromatic carbocycles. The maximum absolute atomic E-state index is 6.91. The highest BCUT2D eigenvalue weighted by molar-refractivity contribution is 5.73. The van der Waals surface area contributed by atoms with Gasteiger partial charge in [-0.3, -0.25) is 5.32 Å². The molecule has 5 aliphatic carbocycles. The summed E-state index contributed by atoms with van der Waals surface area (Å²) in [5.74, 6) is 0.955. The molecule has 4 N–H and O–H groups in total. The summed E-state index contributed by atoms with van der Waals surface area (Å²) >= 11 is 0. The molecule has 0 spiro atoms. The van der Waals surface area contributed by atoms with E-state index in [-0.39, 0.29) is 24.0 Å². The SMILES string of the molecule is NC(NC(/C=C/c1ccc(C2C=CC=CC2)cc1)C1=CC=CCC1)c1ccc(Nc2ccccc2C2C=C3CCC=CC3=C3C=Cc4ccccc4C32)cc1. The summed E-state index contributed by atoms with van der Waals surface area (Å²) in [4.78, 5) is 0. The van der Waals surface area contributed by atoms with Crippen LogP contribution in [0.25, 0.3) is 12.2 Å². The van der Waals surface area contributed by atoms with Crippen molar-refractivity contribution in [2.24, 2.45) is 5.73 Å². The van der Waals surface area contributed by atoms with Crippen molar-refractivity contribution in [2.75, 3.05) is 5.32 Å². The van der Waals surface area contributed by atoms with Crippen molar-refractivity contribution in [1.82, 2.24) is 5.32 Å². The van der Waals surface area contributed by atoms with Crippen LogP contribution in [-0.4, -0.2) is 6.04 Å². The molecule has 0 heterocycles. The van der Waals surface area contributed by atoms with Crippen molar-refractivity contribution >= 4 is 23.5 Å². The fourth-order valence-electron chi connectivity index (χ4n) is 8.94. The van der Waals surface area contributed by atoms with E-state index in [4.69, 9.17) is 5.73 Å². The van der Waals surface area contributed by atoms with Crippen LogP contribution in [-0.2, 0) is 0 Å². The maximum atomic E-state index is 6.91. The molecule has 3 nitrogen and oxygen atoms in total. The fraction of sp³-hybridized carbons (Fsp3) is 0.192. The number of benzene rings is 4. The average Bonchev–Trinajstić information content (AvgIpc) is 3.26. The Bertz CT molecular complexity index is 2320. The molecular weight excluding hydrogens is 667 g/mol. The highest BCUT2D eigenvalue weighted by Crippen LogP contribution is 2.52. The summed E-state index contributed by atoms with van der Waals surface area (Å²) < 4.78 is 0. The number of hydrogen-bond donors (Lipinski definition) is 3. The van der Waals surface area contributed by atoms with Crippen LogP contribution in [0.15, 0.2) is 192 Å². The Labute approximate surface area is 326 Å². The molecule has 0 bridgehead atoms. The van der Waals surface area contributed by atoms with Gasteiger partial charge < -0.3 is 11.1 Å². The molecule has 0 amide bonds. The fourth-order valence-corrected chi connectivity index (χ4v) is 8.94. The third kappa shape index (κ3) is 7.51. The third-order valence-electron chi connectivity index (χ3n) is 11.9. The van der Waals surface area contributed by atoms with Crippen LogP contribution in [0.1, 0.15) is 89.4 Å². The van der Waals surface area contributed by atoms with Gasteiger partial charge in [0.25, 0.3) is 0 Å². The lowest BCUT2D eigenvalue weighted by Gasteiger charge is -2.38. The van der Waals surface area contributed by atoms with E-state index in [1.54, 1.807) is 0 Å². The van der Waals surface area contributed by atoms with Gasteiger partial charge >= 0.3 is 0 Å². The van der Waals surface area contributed by atoms with Crippen molar-refractivity contribution in [3.63, 3.8) is 0 Å². The first-order valence-corrected chi connectivity index (χ1v) is 20.0. The number of rotatable bonds is 10. The third-order valence-corrected chi connectivity index (χ3v) is 11.9. The van der Waals surface area contributed by atoms with Gasteiger partial charge in [-0.15, -0.1) is 0 Å². The van der Waals surface area contributed by atoms with Gasteiger partial charge in [0.05, 0.1) is 6.17 Å². The van der Waals surface area contributed by atoms with Gasteiger partial charge in [-0.05, 0) is 106 Å². The predicted molar refractivity (Wildman–Crippen MR) is 232 cm³/mol. The zero-order chi connectivity index (χ0) is 37.0. The summed E-state index contributed by atoms with van der Waals surface area (Å²) in [6.45, 7) is 0. The van der Waals surface area contributed by atoms with Crippen LogP contribution in [0.3, 0.4) is 0 Å². The van der Waals surface area contributed by atoms with Gasteiger partial charge in [0.15, 0.2) is 0 Å². The Kier molecular flexibility index (Phi) is 10.1. The number of nitrogens with two attached hydrogens (primary N) is 1. The first-order chi connectivity index (χ1) is 27.2. The lowest BCUT2D eigenvalue weighted by Crippen LogP contribution is -2.37. The standard InChI is InChI=1S/C52H49N3/c53-52(55-49(40-16-5-2-6-17-40)34-25-36-23-26-38(27-24-36)37-13-3-1-4-14-37)41-28-31-43(32-29-41)54-50-22-12-11-21-46(50)48-35-42-18-8-9-19-44(42)47-33-30-39-15-7-10-20-45(39)51(47)48/h1-5,7,9-13,15-16,19-35,37,48-49,51-52,54-55H,6,8,14,17-18,53H2/b34-25+. The molecular formula is C52H49N3. The van der Waals surface area contributed by atoms with Crippen molar-refractivity contribution in [3.8, 4) is 0 Å². The largest absolute Gasteiger partial charge is 0.355 e. The van der Waals surface area contributed by atoms with Crippen molar-refractivity contribution in [3.05, 3.63) is 226 Å². The molecule has 0 saturated heterocycles. The molecule has 3 heteroatoms. The number of hydrogen-bond acceptors (Lipinski definition) is 3. The molecule has 0 aromatic heterocycles. The molecule has 5 unspecified atom stereocenters. The van der Waals surface area contributed by atoms with E-state index < -0.39 is 0 Å². The monoisotopic (exact) mass is 715 g/mol. The van der Waals surface area contributed by atoms with Crippen LogP contribution in [0.4, 0.5) is 11.4 Å². The number of nitrogens with one attached hydrogen (secondary N) is 2. The number of allylic oxidation sites excluding steroid dienone is 14. The van der Waals surface area contributed by atoms with E-state index in [1.807, 2.05) is 0 Å². The van der Waals surface area contributed by atoms with E-state index in [9.17, 15) is 0 Å². The van der Waals surface area contributed by atoms with Crippen LogP contribution < -0.4 is 16.4 Å². The Morgan fingerprint density at radius 1 is 0.727 bits per heavy atom. The second-order valence-electron chi connectivity index (χ2n) is 15.3. The minimum absolute atomic E-state index is 0.0270. The van der Waals surface area contributed by atoms with Gasteiger partial charge in [-0.25, -0.2) is 0 Å². The minimum atomic E-state index is -0.325. The lowest BCUT2D eigenvalue weighted by atomic mass is 9.66. The van der Waals surface area contributed by atoms with Gasteiger partial charge in [-0.1, -0.05) is 164 Å². The second-order valence-corrected chi connectivity index (χ2v) is 15.3. The summed E-state index contributed by atoms with van der Waals surface area (Å²) in [5, 5.41) is 7.56. The highest BCUT2D eigenvalue weighted by atomic mass is 15.0. The quantitative estimate of drug-likeness (QED) is 0.143. The number of anilines is 2. The minimum Gasteiger partial charge on any atom is -0.355 e. The van der Waals surface area contributed by atoms with Crippen molar-refractivity contribution in [2.45, 2.75) is 62.1 Å². The zero-order valence-corrected chi connectivity index (χ0v) is 31.3. The van der Waals surface area contributed by atoms with E-state index >= 15 is 0 Å². The average molecular weight is 716 g/mol. The first kappa shape index (κ1) is 35.0. The molecule has 9 rings (SSSR count). The Morgan fingerprint density at radius 3 is 2.36 bits per heavy atom. The normalized spacial score (nSPS) is 22.1. The van der Waals surface area contributed by atoms with Crippen LogP contribution in [0.2, 0.25) is 0 Å². The molecule has 55 heavy (non-hydrogen) atoms. The van der Waals surface area contributed by atoms with Crippen LogP contribution in [0, 0.1) is 0 Å². The Morgan fingerprint density at radius 2 is 1.55 bits per heavy atom. The smallest absolute Gasteiger partial charge is 0.0817 e. The van der Waals surface area contributed by atoms with E-state index in [0.717, 1.165) is 49.0 Å². The summed E-state index contributed by atoms with van der Waals surface area (Å²) in [6, 6.07) is 35.4. The lowest BCUT2D eigenvalue weighted by molar-refractivity contribution is 0.521. The molecule has 4 aromatic rings. The van der Waals surface area contributed by atoms with Gasteiger partial charge in [0.2, 0.25) is 0 Å². The summed E-state index contributed by atoms with van der Waals surface area (Å²) in [6.07, 6.45) is 36.9. The maximum Gasteiger partial charge on any atom is 0.0817 e. The topological polar surface area (TPSA) is 50.1 Å². The predicted octanol–water partition coefficient (Wildman–Crippen LogP) is 12.4. The highest BCUT2D eigenvalue weighted by Gasteiger charge is 2.36. The van der Waals surface area contributed by atoms with E-state index in [1.165, 1.54) is 50.1 Å². The van der Waals surface area contributed by atoms with E-state index in [2.05, 4.69) is 193 Å². The summed E-state index contributed by atoms with van der Waals surface area (Å²) in [5.41, 5.74) is 22.4. The Balaban J connectivity index is 0.929. The molecule has 0 saturated carbocycles. The molecule has 0 fully saturated rings. The van der Waals surface area contributed by atoms with Crippen molar-refractivity contribution < 1.29 is 0 Å². The molecule has 0 aliphatic heterocycles. The second kappa shape index (κ2) is 15.9. The zero-order valence-electron chi connectivity index (χ0n) is 31.3. The Hall–Kier alpha value is -5.74. The molecule has 5 atom stereocenters. The van der Waals surface area contributed by atoms with Crippen LogP contribution >= 0.6 is 0 Å².